The van der Waals surface area contributed by atoms with E-state index in [1.807, 2.05) is 0 Å². The first-order chi connectivity index (χ1) is 27.3. The molecule has 0 fully saturated rings. The maximum absolute atomic E-state index is 6.55. The average Bonchev–Trinajstić information content (AvgIpc) is 3.80. The van der Waals surface area contributed by atoms with Crippen LogP contribution in [0.2, 0.25) is 0 Å². The molecule has 0 radical (unpaired) electrons. The number of nitrogens with zero attached hydrogens (tertiary/aromatic N) is 2. The van der Waals surface area contributed by atoms with Gasteiger partial charge in [0.2, 0.25) is 0 Å². The van der Waals surface area contributed by atoms with Crippen molar-refractivity contribution in [3.8, 4) is 27.9 Å². The molecule has 0 saturated heterocycles. The van der Waals surface area contributed by atoms with Crippen molar-refractivity contribution in [1.29, 1.82) is 0 Å². The number of para-hydroxylation sites is 2. The van der Waals surface area contributed by atoms with Gasteiger partial charge >= 0.3 is 0 Å². The molecule has 0 atom stereocenters. The standard InChI is InChI=1S/C52H34N2O/c1-3-12-35(13-4-1)38-15-11-16-39(32-38)36-22-25-41(26-23-36)53(42-28-31-51-48(33-42)47-29-24-37-14-7-8-19-44(37)52(47)55-51)43-27-30-46-45-20-9-10-21-49(45)54(50(46)34-43)40-17-5-2-6-18-40/h1-34H. The summed E-state index contributed by atoms with van der Waals surface area (Å²) in [6.07, 6.45) is 0. The highest BCUT2D eigenvalue weighted by atomic mass is 16.3. The summed E-state index contributed by atoms with van der Waals surface area (Å²) in [5, 5.41) is 6.97. The molecule has 2 heterocycles. The number of hydrogen-bond donors (Lipinski definition) is 0. The largest absolute Gasteiger partial charge is 0.455 e. The van der Waals surface area contributed by atoms with E-state index < -0.39 is 0 Å². The van der Waals surface area contributed by atoms with Crippen LogP contribution < -0.4 is 4.90 Å². The molecule has 0 amide bonds. The van der Waals surface area contributed by atoms with Gasteiger partial charge in [0.1, 0.15) is 11.2 Å². The normalized spacial score (nSPS) is 11.6. The lowest BCUT2D eigenvalue weighted by molar-refractivity contribution is 0.672. The van der Waals surface area contributed by atoms with Gasteiger partial charge < -0.3 is 13.9 Å². The fourth-order valence-corrected chi connectivity index (χ4v) is 8.34. The molecule has 0 unspecified atom stereocenters. The Morgan fingerprint density at radius 3 is 1.76 bits per heavy atom. The SMILES string of the molecule is c1ccc(-c2cccc(-c3ccc(N(c4ccc5oc6c7ccccc7ccc6c5c4)c4ccc5c6ccccc6n(-c6ccccc6)c5c4)cc3)c2)cc1. The molecule has 11 aromatic rings. The Balaban J connectivity index is 1.10. The van der Waals surface area contributed by atoms with Gasteiger partial charge in [-0.1, -0.05) is 133 Å². The van der Waals surface area contributed by atoms with E-state index in [0.29, 0.717) is 0 Å². The van der Waals surface area contributed by atoms with Gasteiger partial charge in [-0.25, -0.2) is 0 Å². The maximum atomic E-state index is 6.55. The first-order valence-corrected chi connectivity index (χ1v) is 18.8. The van der Waals surface area contributed by atoms with E-state index in [2.05, 4.69) is 216 Å². The third-order valence-electron chi connectivity index (χ3n) is 11.0. The second-order valence-corrected chi connectivity index (χ2v) is 14.2. The van der Waals surface area contributed by atoms with Crippen molar-refractivity contribution in [2.75, 3.05) is 4.90 Å². The number of hydrogen-bond acceptors (Lipinski definition) is 2. The van der Waals surface area contributed by atoms with E-state index in [-0.39, 0.29) is 0 Å². The summed E-state index contributed by atoms with van der Waals surface area (Å²) < 4.78 is 8.93. The Bertz CT molecular complexity index is 3190. The zero-order valence-electron chi connectivity index (χ0n) is 29.9. The van der Waals surface area contributed by atoms with Gasteiger partial charge in [-0.05, 0) is 100 Å². The van der Waals surface area contributed by atoms with Crippen LogP contribution in [0.5, 0.6) is 0 Å². The Hall–Kier alpha value is -7.36. The molecule has 11 rings (SSSR count). The van der Waals surface area contributed by atoms with Crippen LogP contribution in [-0.2, 0) is 0 Å². The van der Waals surface area contributed by atoms with E-state index in [4.69, 9.17) is 4.42 Å². The number of aromatic nitrogens is 1. The number of rotatable bonds is 6. The first-order valence-electron chi connectivity index (χ1n) is 18.8. The number of fused-ring (bicyclic) bond motifs is 8. The molecule has 0 N–H and O–H groups in total. The van der Waals surface area contributed by atoms with Crippen LogP contribution in [0.3, 0.4) is 0 Å². The third kappa shape index (κ3) is 5.20. The molecule has 2 aromatic heterocycles. The van der Waals surface area contributed by atoms with Gasteiger partial charge in [0.15, 0.2) is 0 Å². The number of anilines is 3. The molecule has 258 valence electrons. The molecule has 0 saturated carbocycles. The zero-order valence-corrected chi connectivity index (χ0v) is 29.9. The smallest absolute Gasteiger partial charge is 0.143 e. The lowest BCUT2D eigenvalue weighted by atomic mass is 9.99. The van der Waals surface area contributed by atoms with Crippen molar-refractivity contribution in [1.82, 2.24) is 4.57 Å². The molecule has 0 spiro atoms. The van der Waals surface area contributed by atoms with E-state index in [0.717, 1.165) is 55.6 Å². The van der Waals surface area contributed by atoms with Crippen molar-refractivity contribution >= 4 is 71.6 Å². The first kappa shape index (κ1) is 31.2. The highest BCUT2D eigenvalue weighted by molar-refractivity contribution is 6.16. The molecule has 3 nitrogen and oxygen atoms in total. The minimum atomic E-state index is 0.878. The van der Waals surface area contributed by atoms with Crippen molar-refractivity contribution in [2.24, 2.45) is 0 Å². The Labute approximate surface area is 318 Å². The molecule has 3 heteroatoms. The third-order valence-corrected chi connectivity index (χ3v) is 11.0. The average molecular weight is 703 g/mol. The topological polar surface area (TPSA) is 21.3 Å². The molecule has 0 aliphatic rings. The summed E-state index contributed by atoms with van der Waals surface area (Å²) in [5.74, 6) is 0. The summed E-state index contributed by atoms with van der Waals surface area (Å²) in [6.45, 7) is 0. The van der Waals surface area contributed by atoms with Crippen molar-refractivity contribution in [3.05, 3.63) is 206 Å². The summed E-state index contributed by atoms with van der Waals surface area (Å²) >= 11 is 0. The second kappa shape index (κ2) is 12.6. The molecular weight excluding hydrogens is 669 g/mol. The minimum absolute atomic E-state index is 0.878. The van der Waals surface area contributed by atoms with Gasteiger partial charge in [0.25, 0.3) is 0 Å². The Morgan fingerprint density at radius 2 is 0.945 bits per heavy atom. The highest BCUT2D eigenvalue weighted by Crippen LogP contribution is 2.43. The predicted octanol–water partition coefficient (Wildman–Crippen LogP) is 14.6. The number of furan rings is 1. The molecule has 9 aromatic carbocycles. The lowest BCUT2D eigenvalue weighted by Crippen LogP contribution is -2.10. The summed E-state index contributed by atoms with van der Waals surface area (Å²) in [4.78, 5) is 2.37. The van der Waals surface area contributed by atoms with Gasteiger partial charge in [0.05, 0.1) is 11.0 Å². The quantitative estimate of drug-likeness (QED) is 0.172. The Morgan fingerprint density at radius 1 is 0.345 bits per heavy atom. The van der Waals surface area contributed by atoms with Crippen molar-refractivity contribution in [3.63, 3.8) is 0 Å². The predicted molar refractivity (Wildman–Crippen MR) is 231 cm³/mol. The Kier molecular flexibility index (Phi) is 7.17. The maximum Gasteiger partial charge on any atom is 0.143 e. The minimum Gasteiger partial charge on any atom is -0.455 e. The summed E-state index contributed by atoms with van der Waals surface area (Å²) in [6, 6.07) is 74.0. The van der Waals surface area contributed by atoms with Gasteiger partial charge in [-0.2, -0.15) is 0 Å². The van der Waals surface area contributed by atoms with Crippen LogP contribution in [0, 0.1) is 0 Å². The van der Waals surface area contributed by atoms with E-state index >= 15 is 0 Å². The van der Waals surface area contributed by atoms with Crippen LogP contribution in [0.15, 0.2) is 211 Å². The fraction of sp³-hybridized carbons (Fsp3) is 0. The fourth-order valence-electron chi connectivity index (χ4n) is 8.34. The van der Waals surface area contributed by atoms with Crippen LogP contribution in [0.25, 0.3) is 82.5 Å². The molecule has 55 heavy (non-hydrogen) atoms. The van der Waals surface area contributed by atoms with Crippen LogP contribution in [0.4, 0.5) is 17.1 Å². The molecular formula is C52H34N2O. The van der Waals surface area contributed by atoms with Crippen molar-refractivity contribution < 1.29 is 4.42 Å². The molecule has 0 aliphatic heterocycles. The molecule has 0 aliphatic carbocycles. The lowest BCUT2D eigenvalue weighted by Gasteiger charge is -2.26. The zero-order chi connectivity index (χ0) is 36.3. The van der Waals surface area contributed by atoms with E-state index in [1.165, 1.54) is 43.9 Å². The van der Waals surface area contributed by atoms with E-state index in [1.54, 1.807) is 0 Å². The highest BCUT2D eigenvalue weighted by Gasteiger charge is 2.19. The summed E-state index contributed by atoms with van der Waals surface area (Å²) in [7, 11) is 0. The van der Waals surface area contributed by atoms with Gasteiger partial charge in [0, 0.05) is 49.7 Å². The number of benzene rings is 9. The second-order valence-electron chi connectivity index (χ2n) is 14.2. The van der Waals surface area contributed by atoms with Crippen LogP contribution in [0.1, 0.15) is 0 Å². The van der Waals surface area contributed by atoms with E-state index in [9.17, 15) is 0 Å². The summed E-state index contributed by atoms with van der Waals surface area (Å²) in [5.41, 5.74) is 13.3. The van der Waals surface area contributed by atoms with Gasteiger partial charge in [-0.15, -0.1) is 0 Å². The monoisotopic (exact) mass is 702 g/mol. The van der Waals surface area contributed by atoms with Crippen LogP contribution in [-0.4, -0.2) is 4.57 Å². The molecule has 0 bridgehead atoms. The van der Waals surface area contributed by atoms with Crippen molar-refractivity contribution in [2.45, 2.75) is 0 Å². The van der Waals surface area contributed by atoms with Crippen LogP contribution >= 0.6 is 0 Å². The van der Waals surface area contributed by atoms with Gasteiger partial charge in [-0.3, -0.25) is 0 Å².